The highest BCUT2D eigenvalue weighted by Gasteiger charge is 2.14. The maximum Gasteiger partial charge on any atom is 0.163 e. The molecule has 2 aromatic rings. The Hall–Kier alpha value is -1.16. The molecule has 2 aromatic heterocycles. The van der Waals surface area contributed by atoms with Crippen LogP contribution in [0, 0.1) is 6.92 Å². The zero-order chi connectivity index (χ0) is 11.2. The van der Waals surface area contributed by atoms with E-state index in [0.717, 1.165) is 22.6 Å². The molecule has 0 aromatic carbocycles. The number of fused-ring (bicyclic) bond motifs is 1. The Kier molecular flexibility index (Phi) is 2.38. The average Bonchev–Trinajstić information content (AvgIpc) is 2.42. The fourth-order valence-corrected chi connectivity index (χ4v) is 1.87. The van der Waals surface area contributed by atoms with Crippen LogP contribution in [-0.2, 0) is 7.05 Å². The largest absolute Gasteiger partial charge is 0.250 e. The van der Waals surface area contributed by atoms with E-state index in [-0.39, 0.29) is 5.92 Å². The van der Waals surface area contributed by atoms with Gasteiger partial charge in [-0.25, -0.2) is 9.97 Å². The van der Waals surface area contributed by atoms with Crippen LogP contribution in [0.4, 0.5) is 0 Å². The molecule has 0 spiro atoms. The third-order valence-electron chi connectivity index (χ3n) is 2.35. The second-order valence-electron chi connectivity index (χ2n) is 3.93. The zero-order valence-corrected chi connectivity index (χ0v) is 10.0. The van der Waals surface area contributed by atoms with E-state index in [9.17, 15) is 0 Å². The monoisotopic (exact) mass is 224 g/mol. The van der Waals surface area contributed by atoms with Gasteiger partial charge in [0.15, 0.2) is 5.65 Å². The van der Waals surface area contributed by atoms with Crippen molar-refractivity contribution < 1.29 is 0 Å². The molecule has 0 saturated carbocycles. The summed E-state index contributed by atoms with van der Waals surface area (Å²) < 4.78 is 1.74. The zero-order valence-electron chi connectivity index (χ0n) is 9.24. The molecule has 2 heterocycles. The fraction of sp³-hybridized carbons (Fsp3) is 0.500. The summed E-state index contributed by atoms with van der Waals surface area (Å²) in [5.74, 6) is 1.03. The SMILES string of the molecule is Cc1nn(C)c2nc(C(C)C)nc(Cl)c12. The highest BCUT2D eigenvalue weighted by atomic mass is 35.5. The molecule has 0 atom stereocenters. The molecule has 5 heteroatoms. The van der Waals surface area contributed by atoms with Gasteiger partial charge < -0.3 is 0 Å². The number of aryl methyl sites for hydroxylation is 2. The average molecular weight is 225 g/mol. The molecule has 0 aliphatic carbocycles. The summed E-state index contributed by atoms with van der Waals surface area (Å²) in [7, 11) is 1.86. The Morgan fingerprint density at radius 1 is 1.27 bits per heavy atom. The minimum atomic E-state index is 0.266. The van der Waals surface area contributed by atoms with Crippen molar-refractivity contribution in [1.82, 2.24) is 19.7 Å². The first kappa shape index (κ1) is 10.4. The van der Waals surface area contributed by atoms with Crippen LogP contribution in [0.1, 0.15) is 31.3 Å². The summed E-state index contributed by atoms with van der Waals surface area (Å²) in [6, 6.07) is 0. The summed E-state index contributed by atoms with van der Waals surface area (Å²) in [5, 5.41) is 5.63. The van der Waals surface area contributed by atoms with Crippen molar-refractivity contribution in [2.75, 3.05) is 0 Å². The summed E-state index contributed by atoms with van der Waals surface area (Å²) in [6.07, 6.45) is 0. The number of hydrogen-bond acceptors (Lipinski definition) is 3. The van der Waals surface area contributed by atoms with E-state index in [2.05, 4.69) is 15.1 Å². The second-order valence-corrected chi connectivity index (χ2v) is 4.29. The summed E-state index contributed by atoms with van der Waals surface area (Å²) in [6.45, 7) is 5.99. The van der Waals surface area contributed by atoms with Gasteiger partial charge in [0.1, 0.15) is 11.0 Å². The number of aromatic nitrogens is 4. The molecule has 4 nitrogen and oxygen atoms in total. The maximum absolute atomic E-state index is 6.12. The number of halogens is 1. The van der Waals surface area contributed by atoms with Crippen LogP contribution in [0.25, 0.3) is 11.0 Å². The number of nitrogens with zero attached hydrogens (tertiary/aromatic N) is 4. The molecular weight excluding hydrogens is 212 g/mol. The van der Waals surface area contributed by atoms with Crippen LogP contribution in [0.2, 0.25) is 5.15 Å². The van der Waals surface area contributed by atoms with Crippen molar-refractivity contribution in [3.8, 4) is 0 Å². The van der Waals surface area contributed by atoms with Crippen LogP contribution in [0.15, 0.2) is 0 Å². The predicted molar refractivity (Wildman–Crippen MR) is 60.1 cm³/mol. The molecule has 0 fully saturated rings. The summed E-state index contributed by atoms with van der Waals surface area (Å²) in [5.41, 5.74) is 1.67. The minimum Gasteiger partial charge on any atom is -0.250 e. The molecule has 2 rings (SSSR count). The molecule has 15 heavy (non-hydrogen) atoms. The first-order valence-corrected chi connectivity index (χ1v) is 5.25. The van der Waals surface area contributed by atoms with Gasteiger partial charge in [-0.05, 0) is 6.92 Å². The quantitative estimate of drug-likeness (QED) is 0.699. The number of hydrogen-bond donors (Lipinski definition) is 0. The van der Waals surface area contributed by atoms with E-state index in [4.69, 9.17) is 11.6 Å². The van der Waals surface area contributed by atoms with Crippen LogP contribution >= 0.6 is 11.6 Å². The standard InChI is InChI=1S/C10H13ClN4/c1-5(2)9-12-8(11)7-6(3)14-15(4)10(7)13-9/h5H,1-4H3. The minimum absolute atomic E-state index is 0.266. The van der Waals surface area contributed by atoms with Crippen LogP contribution in [0.5, 0.6) is 0 Å². The van der Waals surface area contributed by atoms with Crippen molar-refractivity contribution in [2.24, 2.45) is 7.05 Å². The van der Waals surface area contributed by atoms with Gasteiger partial charge in [-0.15, -0.1) is 0 Å². The molecular formula is C10H13ClN4. The van der Waals surface area contributed by atoms with Gasteiger partial charge in [0.25, 0.3) is 0 Å². The van der Waals surface area contributed by atoms with E-state index >= 15 is 0 Å². The van der Waals surface area contributed by atoms with E-state index < -0.39 is 0 Å². The van der Waals surface area contributed by atoms with Crippen molar-refractivity contribution in [3.63, 3.8) is 0 Å². The highest BCUT2D eigenvalue weighted by molar-refractivity contribution is 6.34. The Bertz CT molecular complexity index is 516. The van der Waals surface area contributed by atoms with E-state index in [0.29, 0.717) is 5.15 Å². The van der Waals surface area contributed by atoms with Crippen LogP contribution in [0.3, 0.4) is 0 Å². The third-order valence-corrected chi connectivity index (χ3v) is 2.62. The van der Waals surface area contributed by atoms with Crippen LogP contribution in [-0.4, -0.2) is 19.7 Å². The van der Waals surface area contributed by atoms with Gasteiger partial charge >= 0.3 is 0 Å². The highest BCUT2D eigenvalue weighted by Crippen LogP contribution is 2.24. The van der Waals surface area contributed by atoms with E-state index in [1.807, 2.05) is 27.8 Å². The lowest BCUT2D eigenvalue weighted by atomic mass is 10.2. The molecule has 0 bridgehead atoms. The first-order chi connectivity index (χ1) is 7.00. The lowest BCUT2D eigenvalue weighted by molar-refractivity contribution is 0.747. The topological polar surface area (TPSA) is 43.6 Å². The second kappa shape index (κ2) is 3.45. The maximum atomic E-state index is 6.12. The first-order valence-electron chi connectivity index (χ1n) is 4.87. The lowest BCUT2D eigenvalue weighted by Crippen LogP contribution is -2.00. The lowest BCUT2D eigenvalue weighted by Gasteiger charge is -2.04. The Morgan fingerprint density at radius 3 is 2.53 bits per heavy atom. The molecule has 0 amide bonds. The van der Waals surface area contributed by atoms with E-state index in [1.165, 1.54) is 0 Å². The summed E-state index contributed by atoms with van der Waals surface area (Å²) in [4.78, 5) is 8.74. The molecule has 0 aliphatic heterocycles. The fourth-order valence-electron chi connectivity index (χ4n) is 1.56. The molecule has 0 N–H and O–H groups in total. The predicted octanol–water partition coefficient (Wildman–Crippen LogP) is 2.45. The van der Waals surface area contributed by atoms with Crippen molar-refractivity contribution >= 4 is 22.6 Å². The molecule has 0 unspecified atom stereocenters. The third kappa shape index (κ3) is 1.59. The summed E-state index contributed by atoms with van der Waals surface area (Å²) >= 11 is 6.12. The van der Waals surface area contributed by atoms with Gasteiger partial charge in [-0.2, -0.15) is 5.10 Å². The molecule has 0 radical (unpaired) electrons. The van der Waals surface area contributed by atoms with Gasteiger partial charge in [-0.1, -0.05) is 25.4 Å². The van der Waals surface area contributed by atoms with Gasteiger partial charge in [0, 0.05) is 13.0 Å². The van der Waals surface area contributed by atoms with Crippen molar-refractivity contribution in [1.29, 1.82) is 0 Å². The smallest absolute Gasteiger partial charge is 0.163 e. The Balaban J connectivity index is 2.81. The van der Waals surface area contributed by atoms with Crippen molar-refractivity contribution in [3.05, 3.63) is 16.7 Å². The van der Waals surface area contributed by atoms with E-state index in [1.54, 1.807) is 4.68 Å². The molecule has 0 aliphatic rings. The Labute approximate surface area is 93.3 Å². The normalized spacial score (nSPS) is 11.6. The van der Waals surface area contributed by atoms with Crippen molar-refractivity contribution in [2.45, 2.75) is 26.7 Å². The Morgan fingerprint density at radius 2 is 1.93 bits per heavy atom. The van der Waals surface area contributed by atoms with Crippen LogP contribution < -0.4 is 0 Å². The number of rotatable bonds is 1. The molecule has 80 valence electrons. The van der Waals surface area contributed by atoms with Gasteiger partial charge in [-0.3, -0.25) is 4.68 Å². The van der Waals surface area contributed by atoms with Gasteiger partial charge in [0.2, 0.25) is 0 Å². The van der Waals surface area contributed by atoms with Gasteiger partial charge in [0.05, 0.1) is 11.1 Å². The molecule has 0 saturated heterocycles.